The van der Waals surface area contributed by atoms with Crippen LogP contribution in [0.4, 0.5) is 10.5 Å². The first-order valence-corrected chi connectivity index (χ1v) is 13.6. The third kappa shape index (κ3) is 7.63. The molecule has 0 saturated carbocycles. The highest BCUT2D eigenvalue weighted by Crippen LogP contribution is 2.30. The largest absolute Gasteiger partial charge is 0.479 e. The van der Waals surface area contributed by atoms with Crippen molar-refractivity contribution in [1.29, 1.82) is 0 Å². The van der Waals surface area contributed by atoms with Crippen molar-refractivity contribution in [2.24, 2.45) is 0 Å². The van der Waals surface area contributed by atoms with Crippen LogP contribution < -0.4 is 16.0 Å². The molecule has 0 spiro atoms. The van der Waals surface area contributed by atoms with Gasteiger partial charge in [0.25, 0.3) is 5.91 Å². The van der Waals surface area contributed by atoms with E-state index < -0.39 is 36.6 Å². The van der Waals surface area contributed by atoms with Crippen LogP contribution in [0.2, 0.25) is 10.0 Å². The Labute approximate surface area is 242 Å². The molecule has 1 aliphatic rings. The molecule has 1 aliphatic carbocycles. The molecule has 0 saturated heterocycles. The number of halogens is 2. The van der Waals surface area contributed by atoms with E-state index in [-0.39, 0.29) is 5.56 Å². The number of urea groups is 1. The fourth-order valence-corrected chi connectivity index (χ4v) is 4.73. The van der Waals surface area contributed by atoms with Crippen LogP contribution >= 0.6 is 23.2 Å². The molecular weight excluding hydrogens is 553 g/mol. The van der Waals surface area contributed by atoms with Crippen LogP contribution in [-0.2, 0) is 4.79 Å². The van der Waals surface area contributed by atoms with Gasteiger partial charge >= 0.3 is 12.0 Å². The van der Waals surface area contributed by atoms with Gasteiger partial charge in [-0.15, -0.1) is 0 Å². The number of nitrogens with one attached hydrogen (secondary N) is 3. The zero-order chi connectivity index (χ0) is 28.6. The highest BCUT2D eigenvalue weighted by molar-refractivity contribution is 6.42. The Hall–Kier alpha value is -3.85. The monoisotopic (exact) mass is 581 g/mol. The maximum absolute atomic E-state index is 13.0. The van der Waals surface area contributed by atoms with E-state index >= 15 is 0 Å². The third-order valence-corrected chi connectivity index (χ3v) is 7.34. The Bertz CT molecular complexity index is 1410. The molecule has 3 amide bonds. The second-order valence-electron chi connectivity index (χ2n) is 9.44. The van der Waals surface area contributed by atoms with Gasteiger partial charge in [0.05, 0.1) is 22.6 Å². The number of carboxylic acid groups (broad SMARTS) is 1. The fraction of sp³-hybridized carbons (Fsp3) is 0.233. The van der Waals surface area contributed by atoms with Crippen molar-refractivity contribution in [2.75, 3.05) is 11.9 Å². The lowest BCUT2D eigenvalue weighted by atomic mass is 9.91. The van der Waals surface area contributed by atoms with Crippen molar-refractivity contribution in [1.82, 2.24) is 10.6 Å². The summed E-state index contributed by atoms with van der Waals surface area (Å²) in [6.45, 7) is -0.419. The van der Waals surface area contributed by atoms with Crippen molar-refractivity contribution in [3.8, 4) is 0 Å². The van der Waals surface area contributed by atoms with Crippen molar-refractivity contribution < 1.29 is 24.6 Å². The van der Waals surface area contributed by atoms with Crippen LogP contribution in [0.25, 0.3) is 5.57 Å². The minimum atomic E-state index is -1.70. The molecule has 208 valence electrons. The number of hydrogen-bond acceptors (Lipinski definition) is 4. The number of anilines is 1. The molecule has 0 bridgehead atoms. The van der Waals surface area contributed by atoms with Gasteiger partial charge in [-0.25, -0.2) is 9.59 Å². The first-order chi connectivity index (χ1) is 19.2. The van der Waals surface area contributed by atoms with Gasteiger partial charge in [-0.1, -0.05) is 65.7 Å². The summed E-state index contributed by atoms with van der Waals surface area (Å²) in [4.78, 5) is 36.2. The van der Waals surface area contributed by atoms with Gasteiger partial charge < -0.3 is 26.2 Å². The molecule has 40 heavy (non-hydrogen) atoms. The van der Waals surface area contributed by atoms with E-state index in [0.717, 1.165) is 29.5 Å². The van der Waals surface area contributed by atoms with Crippen molar-refractivity contribution in [3.05, 3.63) is 105 Å². The maximum Gasteiger partial charge on any atom is 0.334 e. The molecule has 0 aliphatic heterocycles. The molecule has 8 nitrogen and oxygen atoms in total. The number of aliphatic carboxylic acids is 1. The summed E-state index contributed by atoms with van der Waals surface area (Å²) in [6.07, 6.45) is 5.07. The number of carbonyl (C=O) groups is 3. The topological polar surface area (TPSA) is 128 Å². The molecule has 3 aromatic carbocycles. The molecule has 3 aromatic rings. The molecule has 0 radical (unpaired) electrons. The standard InChI is InChI=1S/C30H29Cl2N3O5/c31-24-15-14-23(16-25(24)32)34-30(40)35-27(20-8-6-19(7-9-20)18-4-2-1-3-5-18)21-10-12-22(13-11-21)28(37)33-17-26(36)29(38)39/h4,6-16,26-27,36H,1-3,5,17H2,(H,33,37)(H,38,39)(H2,34,35,40). The molecule has 2 unspecified atom stereocenters. The van der Waals surface area contributed by atoms with E-state index in [1.165, 1.54) is 18.4 Å². The molecule has 0 aromatic heterocycles. The second-order valence-corrected chi connectivity index (χ2v) is 10.3. The summed E-state index contributed by atoms with van der Waals surface area (Å²) in [7, 11) is 0. The van der Waals surface area contributed by atoms with Crippen molar-refractivity contribution >= 4 is 52.4 Å². The maximum atomic E-state index is 13.0. The van der Waals surface area contributed by atoms with E-state index in [2.05, 4.69) is 22.0 Å². The molecule has 4 rings (SSSR count). The number of benzene rings is 3. The second kappa shape index (κ2) is 13.5. The summed E-state index contributed by atoms with van der Waals surface area (Å²) in [6, 6.07) is 18.4. The SMILES string of the molecule is O=C(Nc1ccc(Cl)c(Cl)c1)NC(c1ccc(C(=O)NCC(O)C(=O)O)cc1)c1ccc(C2=CCCCC2)cc1. The van der Waals surface area contributed by atoms with E-state index in [1.807, 2.05) is 24.3 Å². The molecule has 0 fully saturated rings. The van der Waals surface area contributed by atoms with Crippen molar-refractivity contribution in [2.45, 2.75) is 37.8 Å². The van der Waals surface area contributed by atoms with Gasteiger partial charge in [0.15, 0.2) is 6.10 Å². The number of carboxylic acids is 1. The average Bonchev–Trinajstić information content (AvgIpc) is 2.97. The quantitative estimate of drug-likeness (QED) is 0.210. The van der Waals surface area contributed by atoms with Crippen LogP contribution in [0.3, 0.4) is 0 Å². The summed E-state index contributed by atoms with van der Waals surface area (Å²) in [5.74, 6) is -1.95. The number of rotatable bonds is 9. The van der Waals surface area contributed by atoms with Crippen LogP contribution in [0, 0.1) is 0 Å². The van der Waals surface area contributed by atoms with Crippen LogP contribution in [-0.4, -0.2) is 40.8 Å². The highest BCUT2D eigenvalue weighted by atomic mass is 35.5. The average molecular weight is 582 g/mol. The number of hydrogen-bond donors (Lipinski definition) is 5. The summed E-state index contributed by atoms with van der Waals surface area (Å²) in [5.41, 5.74) is 4.78. The Morgan fingerprint density at radius 2 is 1.55 bits per heavy atom. The predicted octanol–water partition coefficient (Wildman–Crippen LogP) is 6.04. The smallest absolute Gasteiger partial charge is 0.334 e. The van der Waals surface area contributed by atoms with E-state index in [4.69, 9.17) is 28.3 Å². The fourth-order valence-electron chi connectivity index (χ4n) is 4.43. The lowest BCUT2D eigenvalue weighted by Crippen LogP contribution is -2.36. The Morgan fingerprint density at radius 1 is 0.875 bits per heavy atom. The van der Waals surface area contributed by atoms with E-state index in [1.54, 1.807) is 42.5 Å². The zero-order valence-electron chi connectivity index (χ0n) is 21.5. The van der Waals surface area contributed by atoms with Gasteiger partial charge in [0, 0.05) is 11.3 Å². The minimum absolute atomic E-state index is 0.278. The lowest BCUT2D eigenvalue weighted by molar-refractivity contribution is -0.146. The van der Waals surface area contributed by atoms with Gasteiger partial charge in [-0.05, 0) is 78.3 Å². The van der Waals surface area contributed by atoms with Gasteiger partial charge in [-0.2, -0.15) is 0 Å². The van der Waals surface area contributed by atoms with E-state index in [0.29, 0.717) is 15.7 Å². The van der Waals surface area contributed by atoms with E-state index in [9.17, 15) is 19.5 Å². The first-order valence-electron chi connectivity index (χ1n) is 12.8. The summed E-state index contributed by atoms with van der Waals surface area (Å²) >= 11 is 12.1. The highest BCUT2D eigenvalue weighted by Gasteiger charge is 2.20. The van der Waals surface area contributed by atoms with Gasteiger partial charge in [-0.3, -0.25) is 4.79 Å². The lowest BCUT2D eigenvalue weighted by Gasteiger charge is -2.21. The van der Waals surface area contributed by atoms with Crippen LogP contribution in [0.15, 0.2) is 72.8 Å². The summed E-state index contributed by atoms with van der Waals surface area (Å²) < 4.78 is 0. The normalized spacial score (nSPS) is 14.4. The number of aliphatic hydroxyl groups excluding tert-OH is 1. The number of carbonyl (C=O) groups excluding carboxylic acids is 2. The molecule has 5 N–H and O–H groups in total. The molecule has 2 atom stereocenters. The Kier molecular flexibility index (Phi) is 9.82. The predicted molar refractivity (Wildman–Crippen MR) is 156 cm³/mol. The Balaban J connectivity index is 1.55. The van der Waals surface area contributed by atoms with Crippen molar-refractivity contribution in [3.63, 3.8) is 0 Å². The molecular formula is C30H29Cl2N3O5. The first kappa shape index (κ1) is 29.1. The van der Waals surface area contributed by atoms with Gasteiger partial charge in [0.1, 0.15) is 0 Å². The Morgan fingerprint density at radius 3 is 2.15 bits per heavy atom. The number of aliphatic hydroxyl groups is 1. The zero-order valence-corrected chi connectivity index (χ0v) is 23.0. The number of amides is 3. The summed E-state index contributed by atoms with van der Waals surface area (Å²) in [5, 5.41) is 27.0. The van der Waals surface area contributed by atoms with Crippen LogP contribution in [0.5, 0.6) is 0 Å². The molecule has 10 heteroatoms. The minimum Gasteiger partial charge on any atom is -0.479 e. The van der Waals surface area contributed by atoms with Crippen LogP contribution in [0.1, 0.15) is 58.8 Å². The third-order valence-electron chi connectivity index (χ3n) is 6.61. The number of allylic oxidation sites excluding steroid dienone is 2. The van der Waals surface area contributed by atoms with Gasteiger partial charge in [0.2, 0.25) is 0 Å². The molecule has 0 heterocycles.